The van der Waals surface area contributed by atoms with Gasteiger partial charge in [0.1, 0.15) is 11.5 Å². The Bertz CT molecular complexity index is 675. The molecule has 1 N–H and O–H groups in total. The van der Waals surface area contributed by atoms with Crippen LogP contribution in [0.2, 0.25) is 0 Å². The Morgan fingerprint density at radius 3 is 2.75 bits per heavy atom. The van der Waals surface area contributed by atoms with Crippen molar-refractivity contribution in [3.8, 4) is 11.5 Å². The second-order valence-electron chi connectivity index (χ2n) is 5.65. The minimum atomic E-state index is -0.486. The van der Waals surface area contributed by atoms with Crippen molar-refractivity contribution in [1.29, 1.82) is 0 Å². The summed E-state index contributed by atoms with van der Waals surface area (Å²) in [5.74, 6) is 1.53. The predicted molar refractivity (Wildman–Crippen MR) is 93.7 cm³/mol. The van der Waals surface area contributed by atoms with Crippen molar-refractivity contribution in [3.05, 3.63) is 54.6 Å². The third-order valence-electron chi connectivity index (χ3n) is 3.98. The Balaban J connectivity index is 1.60. The van der Waals surface area contributed by atoms with E-state index in [2.05, 4.69) is 10.2 Å². The molecule has 24 heavy (non-hydrogen) atoms. The van der Waals surface area contributed by atoms with Gasteiger partial charge in [-0.3, -0.25) is 4.79 Å². The van der Waals surface area contributed by atoms with Crippen LogP contribution in [0.1, 0.15) is 6.42 Å². The molecule has 0 aliphatic carbocycles. The Morgan fingerprint density at radius 2 is 1.96 bits per heavy atom. The van der Waals surface area contributed by atoms with E-state index < -0.39 is 6.10 Å². The zero-order chi connectivity index (χ0) is 16.8. The zero-order valence-electron chi connectivity index (χ0n) is 13.8. The Kier molecular flexibility index (Phi) is 5.21. The maximum atomic E-state index is 11.9. The van der Waals surface area contributed by atoms with Gasteiger partial charge < -0.3 is 19.7 Å². The predicted octanol–water partition coefficient (Wildman–Crippen LogP) is 2.47. The minimum absolute atomic E-state index is 0.102. The summed E-state index contributed by atoms with van der Waals surface area (Å²) in [6.45, 7) is 1.98. The van der Waals surface area contributed by atoms with Crippen LogP contribution in [0.4, 0.5) is 5.69 Å². The molecule has 0 saturated heterocycles. The van der Waals surface area contributed by atoms with E-state index in [9.17, 15) is 4.79 Å². The number of hydrogen-bond donors (Lipinski definition) is 1. The molecule has 0 bridgehead atoms. The van der Waals surface area contributed by atoms with Gasteiger partial charge in [0.25, 0.3) is 5.91 Å². The third kappa shape index (κ3) is 3.79. The molecule has 0 fully saturated rings. The van der Waals surface area contributed by atoms with Crippen LogP contribution in [0.15, 0.2) is 54.6 Å². The number of hydrogen-bond acceptors (Lipinski definition) is 4. The molecule has 1 aliphatic rings. The average Bonchev–Trinajstić information content (AvgIpc) is 2.65. The molecule has 2 aromatic rings. The van der Waals surface area contributed by atoms with Crippen molar-refractivity contribution in [2.45, 2.75) is 12.5 Å². The summed E-state index contributed by atoms with van der Waals surface area (Å²) >= 11 is 0. The number of rotatable bonds is 6. The van der Waals surface area contributed by atoms with Gasteiger partial charge in [-0.05, 0) is 30.7 Å². The molecule has 1 amide bonds. The number of anilines is 1. The van der Waals surface area contributed by atoms with Crippen molar-refractivity contribution in [2.24, 2.45) is 0 Å². The number of fused-ring (bicyclic) bond motifs is 1. The molecular weight excluding hydrogens is 304 g/mol. The number of para-hydroxylation sites is 3. The monoisotopic (exact) mass is 326 g/mol. The van der Waals surface area contributed by atoms with Crippen molar-refractivity contribution in [1.82, 2.24) is 5.32 Å². The summed E-state index contributed by atoms with van der Waals surface area (Å²) in [4.78, 5) is 14.1. The standard InChI is InChI=1S/C19H22N2O3/c1-20-19(22)18-14-21(16-10-5-6-11-17(16)24-18)12-7-13-23-15-8-3-2-4-9-15/h2-6,8-11,18H,7,12-14H2,1H3,(H,20,22)/t18-/m0/s1. The molecule has 0 radical (unpaired) electrons. The van der Waals surface area contributed by atoms with Crippen LogP contribution >= 0.6 is 0 Å². The van der Waals surface area contributed by atoms with Crippen LogP contribution in [0.3, 0.4) is 0 Å². The molecule has 1 heterocycles. The Morgan fingerprint density at radius 1 is 1.21 bits per heavy atom. The minimum Gasteiger partial charge on any atom is -0.494 e. The van der Waals surface area contributed by atoms with E-state index in [0.717, 1.165) is 30.2 Å². The first-order valence-electron chi connectivity index (χ1n) is 8.18. The summed E-state index contributed by atoms with van der Waals surface area (Å²) in [6, 6.07) is 17.6. The van der Waals surface area contributed by atoms with E-state index in [1.807, 2.05) is 54.6 Å². The zero-order valence-corrected chi connectivity index (χ0v) is 13.8. The summed E-state index contributed by atoms with van der Waals surface area (Å²) in [5, 5.41) is 2.66. The average molecular weight is 326 g/mol. The molecule has 5 nitrogen and oxygen atoms in total. The van der Waals surface area contributed by atoms with E-state index in [-0.39, 0.29) is 5.91 Å². The van der Waals surface area contributed by atoms with Gasteiger partial charge in [0.2, 0.25) is 0 Å². The third-order valence-corrected chi connectivity index (χ3v) is 3.98. The molecule has 3 rings (SSSR count). The first kappa shape index (κ1) is 16.2. The number of carbonyl (C=O) groups excluding carboxylic acids is 1. The van der Waals surface area contributed by atoms with Crippen LogP contribution < -0.4 is 19.7 Å². The van der Waals surface area contributed by atoms with Crippen LogP contribution in [-0.4, -0.2) is 38.8 Å². The lowest BCUT2D eigenvalue weighted by Gasteiger charge is -2.35. The van der Waals surface area contributed by atoms with Crippen molar-refractivity contribution < 1.29 is 14.3 Å². The fourth-order valence-electron chi connectivity index (χ4n) is 2.78. The van der Waals surface area contributed by atoms with Gasteiger partial charge in [-0.2, -0.15) is 0 Å². The molecule has 0 unspecified atom stereocenters. The van der Waals surface area contributed by atoms with E-state index in [1.165, 1.54) is 0 Å². The van der Waals surface area contributed by atoms with Gasteiger partial charge in [-0.25, -0.2) is 0 Å². The summed E-state index contributed by atoms with van der Waals surface area (Å²) in [6.07, 6.45) is 0.379. The highest BCUT2D eigenvalue weighted by atomic mass is 16.5. The number of nitrogens with one attached hydrogen (secondary N) is 1. The van der Waals surface area contributed by atoms with Crippen LogP contribution in [-0.2, 0) is 4.79 Å². The van der Waals surface area contributed by atoms with Gasteiger partial charge in [-0.15, -0.1) is 0 Å². The molecular formula is C19H22N2O3. The van der Waals surface area contributed by atoms with Crippen LogP contribution in [0.5, 0.6) is 11.5 Å². The molecule has 0 spiro atoms. The van der Waals surface area contributed by atoms with Gasteiger partial charge in [-0.1, -0.05) is 30.3 Å². The molecule has 5 heteroatoms. The van der Waals surface area contributed by atoms with E-state index >= 15 is 0 Å². The Labute approximate surface area is 142 Å². The first-order valence-corrected chi connectivity index (χ1v) is 8.18. The number of likely N-dealkylation sites (N-methyl/N-ethyl adjacent to an activating group) is 1. The van der Waals surface area contributed by atoms with Crippen molar-refractivity contribution in [3.63, 3.8) is 0 Å². The van der Waals surface area contributed by atoms with Gasteiger partial charge >= 0.3 is 0 Å². The number of benzene rings is 2. The number of ether oxygens (including phenoxy) is 2. The molecule has 1 atom stereocenters. The second kappa shape index (κ2) is 7.73. The van der Waals surface area contributed by atoms with Gasteiger partial charge in [0.05, 0.1) is 18.8 Å². The topological polar surface area (TPSA) is 50.8 Å². The molecule has 2 aromatic carbocycles. The van der Waals surface area contributed by atoms with E-state index in [1.54, 1.807) is 7.05 Å². The van der Waals surface area contributed by atoms with E-state index in [4.69, 9.17) is 9.47 Å². The molecule has 0 aromatic heterocycles. The fourth-order valence-corrected chi connectivity index (χ4v) is 2.78. The number of carbonyl (C=O) groups is 1. The highest BCUT2D eigenvalue weighted by Crippen LogP contribution is 2.33. The summed E-state index contributed by atoms with van der Waals surface area (Å²) < 4.78 is 11.5. The fraction of sp³-hybridized carbons (Fsp3) is 0.316. The number of nitrogens with zero attached hydrogens (tertiary/aromatic N) is 1. The maximum absolute atomic E-state index is 11.9. The van der Waals surface area contributed by atoms with Crippen LogP contribution in [0.25, 0.3) is 0 Å². The summed E-state index contributed by atoms with van der Waals surface area (Å²) in [5.41, 5.74) is 1.03. The van der Waals surface area contributed by atoms with Crippen molar-refractivity contribution in [2.75, 3.05) is 31.6 Å². The second-order valence-corrected chi connectivity index (χ2v) is 5.65. The molecule has 1 aliphatic heterocycles. The largest absolute Gasteiger partial charge is 0.494 e. The lowest BCUT2D eigenvalue weighted by Crippen LogP contribution is -2.48. The lowest BCUT2D eigenvalue weighted by molar-refractivity contribution is -0.127. The smallest absolute Gasteiger partial charge is 0.262 e. The highest BCUT2D eigenvalue weighted by Gasteiger charge is 2.29. The normalized spacial score (nSPS) is 16.0. The number of amides is 1. The SMILES string of the molecule is CNC(=O)[C@@H]1CN(CCCOc2ccccc2)c2ccccc2O1. The van der Waals surface area contributed by atoms with Gasteiger partial charge in [0.15, 0.2) is 6.10 Å². The van der Waals surface area contributed by atoms with Gasteiger partial charge in [0, 0.05) is 13.6 Å². The van der Waals surface area contributed by atoms with Crippen molar-refractivity contribution >= 4 is 11.6 Å². The quantitative estimate of drug-likeness (QED) is 0.829. The van der Waals surface area contributed by atoms with Crippen LogP contribution in [0, 0.1) is 0 Å². The highest BCUT2D eigenvalue weighted by molar-refractivity contribution is 5.83. The molecule has 126 valence electrons. The molecule has 0 saturated carbocycles. The Hall–Kier alpha value is -2.69. The lowest BCUT2D eigenvalue weighted by atomic mass is 10.1. The summed E-state index contributed by atoms with van der Waals surface area (Å²) in [7, 11) is 1.63. The first-order chi connectivity index (χ1) is 11.8. The van der Waals surface area contributed by atoms with E-state index in [0.29, 0.717) is 13.2 Å². The maximum Gasteiger partial charge on any atom is 0.262 e.